The lowest BCUT2D eigenvalue weighted by molar-refractivity contribution is -0.384. The van der Waals surface area contributed by atoms with Gasteiger partial charge in [-0.25, -0.2) is 4.98 Å². The molecule has 0 fully saturated rings. The fraction of sp³-hybridized carbons (Fsp3) is 0.0588. The lowest BCUT2D eigenvalue weighted by Gasteiger charge is -2.06. The highest BCUT2D eigenvalue weighted by Gasteiger charge is 2.17. The molecule has 3 rings (SSSR count). The van der Waals surface area contributed by atoms with E-state index >= 15 is 0 Å². The van der Waals surface area contributed by atoms with Gasteiger partial charge in [-0.05, 0) is 18.2 Å². The molecule has 0 aliphatic rings. The molecule has 0 radical (unpaired) electrons. The minimum atomic E-state index is -0.655. The third-order valence-electron chi connectivity index (χ3n) is 3.64. The molecule has 136 valence electrons. The summed E-state index contributed by atoms with van der Waals surface area (Å²) in [5.41, 5.74) is -0.216. The van der Waals surface area contributed by atoms with Crippen LogP contribution >= 0.6 is 11.6 Å². The fourth-order valence-electron chi connectivity index (χ4n) is 2.42. The summed E-state index contributed by atoms with van der Waals surface area (Å²) in [6.45, 7) is 0. The van der Waals surface area contributed by atoms with Crippen LogP contribution < -0.4 is 10.9 Å². The van der Waals surface area contributed by atoms with Crippen molar-refractivity contribution >= 4 is 45.6 Å². The number of ketones is 1. The Kier molecular flexibility index (Phi) is 4.95. The Morgan fingerprint density at radius 1 is 1.22 bits per heavy atom. The molecule has 10 heteroatoms. The number of non-ortho nitro benzene ring substituents is 1. The van der Waals surface area contributed by atoms with Gasteiger partial charge in [0.25, 0.3) is 11.2 Å². The van der Waals surface area contributed by atoms with Gasteiger partial charge in [-0.2, -0.15) is 0 Å². The Morgan fingerprint density at radius 3 is 2.70 bits per heavy atom. The molecule has 0 bridgehead atoms. The van der Waals surface area contributed by atoms with Crippen molar-refractivity contribution in [3.8, 4) is 0 Å². The maximum absolute atomic E-state index is 12.5. The highest BCUT2D eigenvalue weighted by atomic mass is 35.5. The van der Waals surface area contributed by atoms with Gasteiger partial charge in [-0.3, -0.25) is 24.5 Å². The number of fused-ring (bicyclic) bond motifs is 1. The van der Waals surface area contributed by atoms with E-state index in [2.05, 4.69) is 15.3 Å². The molecule has 0 spiro atoms. The molecule has 0 saturated heterocycles. The van der Waals surface area contributed by atoms with Crippen LogP contribution in [-0.2, 0) is 4.79 Å². The van der Waals surface area contributed by atoms with E-state index in [0.29, 0.717) is 5.69 Å². The predicted octanol–water partition coefficient (Wildman–Crippen LogP) is 2.24. The van der Waals surface area contributed by atoms with Gasteiger partial charge in [0.2, 0.25) is 11.7 Å². The van der Waals surface area contributed by atoms with Crippen LogP contribution in [0.25, 0.3) is 10.9 Å². The first-order valence-corrected chi connectivity index (χ1v) is 8.11. The number of hydrogen-bond acceptors (Lipinski definition) is 6. The van der Waals surface area contributed by atoms with Crippen LogP contribution in [0.3, 0.4) is 0 Å². The van der Waals surface area contributed by atoms with Gasteiger partial charge in [0, 0.05) is 23.4 Å². The smallest absolute Gasteiger partial charge is 0.270 e. The van der Waals surface area contributed by atoms with Crippen molar-refractivity contribution in [3.63, 3.8) is 0 Å². The Labute approximate surface area is 156 Å². The average molecular weight is 387 g/mol. The van der Waals surface area contributed by atoms with E-state index in [9.17, 15) is 24.5 Å². The molecule has 1 heterocycles. The molecule has 3 aromatic rings. The number of nitrogens with one attached hydrogen (secondary N) is 2. The summed E-state index contributed by atoms with van der Waals surface area (Å²) in [6.07, 6.45) is 0. The Morgan fingerprint density at radius 2 is 2.00 bits per heavy atom. The normalized spacial score (nSPS) is 10.6. The maximum Gasteiger partial charge on any atom is 0.270 e. The summed E-state index contributed by atoms with van der Waals surface area (Å²) in [5, 5.41) is 13.5. The van der Waals surface area contributed by atoms with Crippen molar-refractivity contribution in [2.75, 3.05) is 11.2 Å². The molecule has 9 nitrogen and oxygen atoms in total. The summed E-state index contributed by atoms with van der Waals surface area (Å²) in [4.78, 5) is 52.9. The number of nitro groups is 1. The van der Waals surface area contributed by atoms with Crippen LogP contribution in [0.1, 0.15) is 16.2 Å². The van der Waals surface area contributed by atoms with Crippen molar-refractivity contribution in [2.24, 2.45) is 0 Å². The molecule has 0 saturated carbocycles. The lowest BCUT2D eigenvalue weighted by atomic mass is 10.1. The summed E-state index contributed by atoms with van der Waals surface area (Å²) in [5.74, 6) is -1.57. The first-order valence-electron chi connectivity index (χ1n) is 7.58. The number of aromatic amines is 1. The van der Waals surface area contributed by atoms with Crippen LogP contribution in [0, 0.1) is 10.1 Å². The van der Waals surface area contributed by atoms with E-state index in [1.165, 1.54) is 36.4 Å². The van der Waals surface area contributed by atoms with E-state index < -0.39 is 22.2 Å². The molecule has 2 N–H and O–H groups in total. The summed E-state index contributed by atoms with van der Waals surface area (Å²) < 4.78 is 0. The fourth-order valence-corrected chi connectivity index (χ4v) is 2.48. The number of rotatable bonds is 5. The number of H-pyrrole nitrogens is 1. The van der Waals surface area contributed by atoms with Crippen LogP contribution in [0.15, 0.2) is 47.3 Å². The third kappa shape index (κ3) is 3.82. The summed E-state index contributed by atoms with van der Waals surface area (Å²) >= 11 is 5.42. The minimum Gasteiger partial charge on any atom is -0.325 e. The van der Waals surface area contributed by atoms with Crippen molar-refractivity contribution in [1.82, 2.24) is 9.97 Å². The maximum atomic E-state index is 12.5. The Hall–Kier alpha value is -3.59. The standard InChI is InChI=1S/C17H11ClN4O5/c18-8-14(23)19-10-4-5-13-12(7-10)17(25)21-16(20-13)15(24)9-2-1-3-11(6-9)22(26)27/h1-7H,8H2,(H,19,23)(H,20,21,25). The number of anilines is 1. The second kappa shape index (κ2) is 7.34. The number of amides is 1. The van der Waals surface area contributed by atoms with E-state index in [4.69, 9.17) is 11.6 Å². The molecule has 27 heavy (non-hydrogen) atoms. The van der Waals surface area contributed by atoms with E-state index in [1.54, 1.807) is 0 Å². The monoisotopic (exact) mass is 386 g/mol. The zero-order valence-corrected chi connectivity index (χ0v) is 14.3. The van der Waals surface area contributed by atoms with Crippen molar-refractivity contribution in [2.45, 2.75) is 0 Å². The Balaban J connectivity index is 2.01. The molecule has 1 amide bonds. The first-order chi connectivity index (χ1) is 12.9. The van der Waals surface area contributed by atoms with Crippen LogP contribution in [0.4, 0.5) is 11.4 Å². The molecule has 1 aromatic heterocycles. The summed E-state index contributed by atoms with van der Waals surface area (Å²) in [6, 6.07) is 9.52. The molecular weight excluding hydrogens is 376 g/mol. The van der Waals surface area contributed by atoms with Gasteiger partial charge in [0.05, 0.1) is 15.8 Å². The van der Waals surface area contributed by atoms with E-state index in [1.807, 2.05) is 0 Å². The number of nitrogens with zero attached hydrogens (tertiary/aromatic N) is 2. The number of hydrogen-bond donors (Lipinski definition) is 2. The van der Waals surface area contributed by atoms with Gasteiger partial charge in [0.15, 0.2) is 5.82 Å². The zero-order valence-electron chi connectivity index (χ0n) is 13.6. The quantitative estimate of drug-likeness (QED) is 0.299. The number of carbonyl (C=O) groups is 2. The van der Waals surface area contributed by atoms with E-state index in [-0.39, 0.29) is 33.9 Å². The van der Waals surface area contributed by atoms with Gasteiger partial charge in [-0.1, -0.05) is 12.1 Å². The molecule has 0 unspecified atom stereocenters. The SMILES string of the molecule is O=C(CCl)Nc1ccc2nc(C(=O)c3cccc([N+](=O)[O-])c3)[nH]c(=O)c2c1. The Bertz CT molecular complexity index is 1140. The molecular formula is C17H11ClN4O5. The number of benzene rings is 2. The number of nitro benzene ring substituents is 1. The average Bonchev–Trinajstić information content (AvgIpc) is 2.67. The van der Waals surface area contributed by atoms with Gasteiger partial charge in [-0.15, -0.1) is 11.6 Å². The zero-order chi connectivity index (χ0) is 19.6. The largest absolute Gasteiger partial charge is 0.325 e. The van der Waals surface area contributed by atoms with Crippen molar-refractivity contribution in [1.29, 1.82) is 0 Å². The molecule has 0 aliphatic carbocycles. The summed E-state index contributed by atoms with van der Waals surface area (Å²) in [7, 11) is 0. The lowest BCUT2D eigenvalue weighted by Crippen LogP contribution is -2.17. The number of carbonyl (C=O) groups excluding carboxylic acids is 2. The van der Waals surface area contributed by atoms with Crippen molar-refractivity contribution < 1.29 is 14.5 Å². The predicted molar refractivity (Wildman–Crippen MR) is 98.2 cm³/mol. The topological polar surface area (TPSA) is 135 Å². The molecule has 0 aliphatic heterocycles. The first kappa shape index (κ1) is 18.2. The second-order valence-electron chi connectivity index (χ2n) is 5.46. The second-order valence-corrected chi connectivity index (χ2v) is 5.73. The van der Waals surface area contributed by atoms with Gasteiger partial charge in [0.1, 0.15) is 5.88 Å². The van der Waals surface area contributed by atoms with Crippen molar-refractivity contribution in [3.05, 3.63) is 74.3 Å². The van der Waals surface area contributed by atoms with Crippen LogP contribution in [0.2, 0.25) is 0 Å². The highest BCUT2D eigenvalue weighted by molar-refractivity contribution is 6.29. The van der Waals surface area contributed by atoms with Gasteiger partial charge < -0.3 is 10.3 Å². The van der Waals surface area contributed by atoms with Crippen LogP contribution in [0.5, 0.6) is 0 Å². The number of aromatic nitrogens is 2. The highest BCUT2D eigenvalue weighted by Crippen LogP contribution is 2.18. The molecule has 0 atom stereocenters. The van der Waals surface area contributed by atoms with Crippen LogP contribution in [-0.4, -0.2) is 32.5 Å². The molecule has 2 aromatic carbocycles. The number of alkyl halides is 1. The van der Waals surface area contributed by atoms with Gasteiger partial charge >= 0.3 is 0 Å². The minimum absolute atomic E-state index is 0.0256. The number of halogens is 1. The third-order valence-corrected chi connectivity index (χ3v) is 3.89. The van der Waals surface area contributed by atoms with E-state index in [0.717, 1.165) is 6.07 Å².